The molecule has 1 aromatic carbocycles. The van der Waals surface area contributed by atoms with Crippen molar-refractivity contribution in [3.05, 3.63) is 24.3 Å². The fourth-order valence-corrected chi connectivity index (χ4v) is 2.96. The van der Waals surface area contributed by atoms with E-state index in [1.165, 1.54) is 5.69 Å². The average Bonchev–Trinajstić information content (AvgIpc) is 2.67. The molecule has 0 atom stereocenters. The molecule has 0 amide bonds. The van der Waals surface area contributed by atoms with Crippen LogP contribution in [0.5, 0.6) is 5.75 Å². The average molecular weight is 348 g/mol. The van der Waals surface area contributed by atoms with E-state index in [0.717, 1.165) is 64.1 Å². The largest absolute Gasteiger partial charge is 0.495 e. The van der Waals surface area contributed by atoms with E-state index in [2.05, 4.69) is 53.0 Å². The van der Waals surface area contributed by atoms with Gasteiger partial charge in [0.2, 0.25) is 0 Å². The molecule has 2 rings (SSSR count). The first-order valence-electron chi connectivity index (χ1n) is 9.29. The van der Waals surface area contributed by atoms with Crippen LogP contribution in [0.1, 0.15) is 13.8 Å². The Morgan fingerprint density at radius 3 is 2.56 bits per heavy atom. The van der Waals surface area contributed by atoms with Gasteiger partial charge in [0.25, 0.3) is 0 Å². The molecule has 0 aromatic heterocycles. The first kappa shape index (κ1) is 19.4. The molecular weight excluding hydrogens is 314 g/mol. The highest BCUT2D eigenvalue weighted by molar-refractivity contribution is 5.80. The van der Waals surface area contributed by atoms with E-state index in [-0.39, 0.29) is 0 Å². The number of rotatable bonds is 7. The Morgan fingerprint density at radius 1 is 1.20 bits per heavy atom. The lowest BCUT2D eigenvalue weighted by Crippen LogP contribution is -2.52. The number of para-hydroxylation sites is 2. The third-order valence-corrected chi connectivity index (χ3v) is 4.62. The van der Waals surface area contributed by atoms with Gasteiger partial charge in [-0.1, -0.05) is 19.1 Å². The normalized spacial score (nSPS) is 15.6. The first-order chi connectivity index (χ1) is 12.2. The summed E-state index contributed by atoms with van der Waals surface area (Å²) < 4.78 is 5.50. The van der Waals surface area contributed by atoms with Gasteiger partial charge in [-0.25, -0.2) is 0 Å². The van der Waals surface area contributed by atoms with Crippen molar-refractivity contribution in [3.8, 4) is 5.75 Å². The summed E-state index contributed by atoms with van der Waals surface area (Å²) in [7, 11) is 3.87. The maximum atomic E-state index is 5.50. The smallest absolute Gasteiger partial charge is 0.194 e. The van der Waals surface area contributed by atoms with Crippen molar-refractivity contribution in [2.45, 2.75) is 13.8 Å². The molecule has 25 heavy (non-hydrogen) atoms. The molecule has 1 saturated heterocycles. The summed E-state index contributed by atoms with van der Waals surface area (Å²) >= 11 is 0. The van der Waals surface area contributed by atoms with Crippen molar-refractivity contribution in [3.63, 3.8) is 0 Å². The van der Waals surface area contributed by atoms with Gasteiger partial charge in [-0.15, -0.1) is 0 Å². The van der Waals surface area contributed by atoms with Crippen molar-refractivity contribution in [1.82, 2.24) is 15.1 Å². The standard InChI is InChI=1S/C19H33N5O/c1-5-20-19(21-11-12-22(3)6-2)24-15-13-23(14-16-24)17-9-7-8-10-18(17)25-4/h7-10H,5-6,11-16H2,1-4H3,(H,20,21). The number of guanidine groups is 1. The molecule has 1 aromatic rings. The van der Waals surface area contributed by atoms with Gasteiger partial charge in [0.1, 0.15) is 5.75 Å². The molecule has 1 heterocycles. The van der Waals surface area contributed by atoms with E-state index < -0.39 is 0 Å². The minimum atomic E-state index is 0.833. The number of methoxy groups -OCH3 is 1. The maximum Gasteiger partial charge on any atom is 0.194 e. The van der Waals surface area contributed by atoms with Crippen molar-refractivity contribution in [2.75, 3.05) is 71.4 Å². The summed E-state index contributed by atoms with van der Waals surface area (Å²) in [5.41, 5.74) is 1.18. The molecular formula is C19H33N5O. The zero-order valence-electron chi connectivity index (χ0n) is 16.2. The zero-order valence-corrected chi connectivity index (χ0v) is 16.2. The second-order valence-corrected chi connectivity index (χ2v) is 6.28. The third kappa shape index (κ3) is 5.53. The summed E-state index contributed by atoms with van der Waals surface area (Å²) in [5.74, 6) is 1.98. The summed E-state index contributed by atoms with van der Waals surface area (Å²) in [6.45, 7) is 12.0. The molecule has 140 valence electrons. The van der Waals surface area contributed by atoms with Crippen LogP contribution in [0.15, 0.2) is 29.3 Å². The Hall–Kier alpha value is -1.95. The number of ether oxygens (including phenoxy) is 1. The zero-order chi connectivity index (χ0) is 18.1. The number of hydrogen-bond acceptors (Lipinski definition) is 4. The summed E-state index contributed by atoms with van der Waals surface area (Å²) in [6, 6.07) is 8.24. The van der Waals surface area contributed by atoms with Crippen LogP contribution < -0.4 is 15.0 Å². The van der Waals surface area contributed by atoms with Gasteiger partial charge in [0, 0.05) is 39.3 Å². The Labute approximate surface area is 152 Å². The van der Waals surface area contributed by atoms with Crippen LogP contribution in [-0.2, 0) is 0 Å². The molecule has 0 unspecified atom stereocenters. The van der Waals surface area contributed by atoms with E-state index in [4.69, 9.17) is 9.73 Å². The van der Waals surface area contributed by atoms with Gasteiger partial charge in [-0.3, -0.25) is 4.99 Å². The highest BCUT2D eigenvalue weighted by Crippen LogP contribution is 2.28. The number of anilines is 1. The van der Waals surface area contributed by atoms with Crippen LogP contribution in [0.2, 0.25) is 0 Å². The van der Waals surface area contributed by atoms with E-state index >= 15 is 0 Å². The van der Waals surface area contributed by atoms with Crippen molar-refractivity contribution < 1.29 is 4.74 Å². The van der Waals surface area contributed by atoms with E-state index in [1.807, 2.05) is 12.1 Å². The fourth-order valence-electron chi connectivity index (χ4n) is 2.96. The Balaban J connectivity index is 1.95. The van der Waals surface area contributed by atoms with Gasteiger partial charge >= 0.3 is 0 Å². The molecule has 1 aliphatic heterocycles. The fraction of sp³-hybridized carbons (Fsp3) is 0.632. The van der Waals surface area contributed by atoms with E-state index in [9.17, 15) is 0 Å². The van der Waals surface area contributed by atoms with Gasteiger partial charge in [0.05, 0.1) is 19.3 Å². The summed E-state index contributed by atoms with van der Waals surface area (Å²) in [6.07, 6.45) is 0. The van der Waals surface area contributed by atoms with Crippen LogP contribution in [0.25, 0.3) is 0 Å². The van der Waals surface area contributed by atoms with Gasteiger partial charge in [-0.05, 0) is 32.6 Å². The summed E-state index contributed by atoms with van der Waals surface area (Å²) in [5, 5.41) is 3.44. The maximum absolute atomic E-state index is 5.50. The monoisotopic (exact) mass is 347 g/mol. The second-order valence-electron chi connectivity index (χ2n) is 6.28. The molecule has 6 heteroatoms. The van der Waals surface area contributed by atoms with Crippen molar-refractivity contribution >= 4 is 11.6 Å². The van der Waals surface area contributed by atoms with E-state index in [1.54, 1.807) is 7.11 Å². The third-order valence-electron chi connectivity index (χ3n) is 4.62. The second kappa shape index (κ2) is 10.1. The van der Waals surface area contributed by atoms with Crippen molar-refractivity contribution in [1.29, 1.82) is 0 Å². The molecule has 1 fully saturated rings. The molecule has 1 aliphatic rings. The molecule has 0 radical (unpaired) electrons. The lowest BCUT2D eigenvalue weighted by molar-refractivity contribution is 0.353. The number of nitrogens with zero attached hydrogens (tertiary/aromatic N) is 4. The number of hydrogen-bond donors (Lipinski definition) is 1. The van der Waals surface area contributed by atoms with Crippen LogP contribution in [0.3, 0.4) is 0 Å². The Bertz CT molecular complexity index is 540. The Morgan fingerprint density at radius 2 is 1.92 bits per heavy atom. The van der Waals surface area contributed by atoms with Crippen LogP contribution in [0.4, 0.5) is 5.69 Å². The molecule has 0 saturated carbocycles. The lowest BCUT2D eigenvalue weighted by Gasteiger charge is -2.38. The SMILES string of the molecule is CCNC(=NCCN(C)CC)N1CCN(c2ccccc2OC)CC1. The van der Waals surface area contributed by atoms with E-state index in [0.29, 0.717) is 0 Å². The highest BCUT2D eigenvalue weighted by Gasteiger charge is 2.21. The lowest BCUT2D eigenvalue weighted by atomic mass is 10.2. The van der Waals surface area contributed by atoms with Gasteiger partial charge < -0.3 is 24.8 Å². The van der Waals surface area contributed by atoms with Crippen LogP contribution >= 0.6 is 0 Å². The minimum Gasteiger partial charge on any atom is -0.495 e. The number of nitrogens with one attached hydrogen (secondary N) is 1. The quantitative estimate of drug-likeness (QED) is 0.601. The number of piperazine rings is 1. The van der Waals surface area contributed by atoms with Gasteiger partial charge in [-0.2, -0.15) is 0 Å². The Kier molecular flexibility index (Phi) is 7.85. The highest BCUT2D eigenvalue weighted by atomic mass is 16.5. The topological polar surface area (TPSA) is 43.3 Å². The summed E-state index contributed by atoms with van der Waals surface area (Å²) in [4.78, 5) is 11.8. The predicted octanol–water partition coefficient (Wildman–Crippen LogP) is 1.73. The molecule has 6 nitrogen and oxygen atoms in total. The predicted molar refractivity (Wildman–Crippen MR) is 106 cm³/mol. The first-order valence-corrected chi connectivity index (χ1v) is 9.29. The minimum absolute atomic E-state index is 0.833. The number of likely N-dealkylation sites (N-methyl/N-ethyl adjacent to an activating group) is 1. The van der Waals surface area contributed by atoms with Gasteiger partial charge in [0.15, 0.2) is 5.96 Å². The van der Waals surface area contributed by atoms with Crippen LogP contribution in [0, 0.1) is 0 Å². The number of aliphatic imine (C=N–C) groups is 1. The van der Waals surface area contributed by atoms with Crippen molar-refractivity contribution in [2.24, 2.45) is 4.99 Å². The van der Waals surface area contributed by atoms with Crippen LogP contribution in [-0.4, -0.2) is 82.3 Å². The molecule has 0 bridgehead atoms. The number of benzene rings is 1. The molecule has 0 aliphatic carbocycles. The molecule has 1 N–H and O–H groups in total. The molecule has 0 spiro atoms.